The molecule has 0 spiro atoms. The van der Waals surface area contributed by atoms with Gasteiger partial charge in [0.05, 0.1) is 16.7 Å². The van der Waals surface area contributed by atoms with Crippen LogP contribution >= 0.6 is 23.1 Å². The van der Waals surface area contributed by atoms with E-state index in [2.05, 4.69) is 263 Å². The molecule has 0 radical (unpaired) electrons. The molecule has 5 heteroatoms. The van der Waals surface area contributed by atoms with Gasteiger partial charge in [-0.3, -0.25) is 0 Å². The number of hydrogen-bond acceptors (Lipinski definition) is 3. The van der Waals surface area contributed by atoms with Crippen molar-refractivity contribution < 1.29 is 0 Å². The minimum Gasteiger partial charge on any atom is -0.310 e. The summed E-state index contributed by atoms with van der Waals surface area (Å²) in [5, 5.41) is 5.28. The van der Waals surface area contributed by atoms with Gasteiger partial charge in [-0.15, -0.1) is 11.3 Å². The van der Waals surface area contributed by atoms with E-state index in [1.807, 2.05) is 23.1 Å². The van der Waals surface area contributed by atoms with Gasteiger partial charge in [-0.25, -0.2) is 0 Å². The molecule has 0 amide bonds. The molecule has 0 atom stereocenters. The number of thiophene rings is 1. The molecule has 2 aromatic heterocycles. The Morgan fingerprint density at radius 1 is 0.425 bits per heavy atom. The van der Waals surface area contributed by atoms with Gasteiger partial charge in [0.15, 0.2) is 0 Å². The van der Waals surface area contributed by atoms with Gasteiger partial charge in [0.25, 0.3) is 0 Å². The van der Waals surface area contributed by atoms with Gasteiger partial charge in [0.2, 0.25) is 6.71 Å². The standard InChI is InChI=1S/C68H53BN2S2/c1-67(2,3)46-30-34-56-52(38-46)53-39-47(68(4,5)6)31-35-57(53)70(56)48-40-59-64-62(41-48)73-66-54(32-36-61-63(66)51-25-16-17-28-60(51)72-61)69(64)55-37-45(42-19-10-7-11-20-42)29-33-58(55)71(59)65-49(43-21-12-8-13-22-43)26-18-27-50(65)44-23-14-9-15-24-44/h7-41H,1-6H3. The Kier molecular flexibility index (Phi) is 9.97. The van der Waals surface area contributed by atoms with Crippen LogP contribution in [0.25, 0.3) is 81.0 Å². The molecule has 0 fully saturated rings. The Balaban J connectivity index is 1.14. The third-order valence-corrected chi connectivity index (χ3v) is 17.9. The molecule has 4 heterocycles. The lowest BCUT2D eigenvalue weighted by atomic mass is 9.34. The van der Waals surface area contributed by atoms with Gasteiger partial charge < -0.3 is 9.47 Å². The smallest absolute Gasteiger partial charge is 0.249 e. The van der Waals surface area contributed by atoms with Gasteiger partial charge in [0, 0.05) is 68.9 Å². The maximum Gasteiger partial charge on any atom is 0.249 e. The van der Waals surface area contributed by atoms with Crippen molar-refractivity contribution >= 4 is 105 Å². The van der Waals surface area contributed by atoms with E-state index >= 15 is 0 Å². The Morgan fingerprint density at radius 2 is 1.01 bits per heavy atom. The molecule has 10 aromatic carbocycles. The Hall–Kier alpha value is -7.57. The lowest BCUT2D eigenvalue weighted by molar-refractivity contribution is 0.590. The normalized spacial score (nSPS) is 13.2. The lowest BCUT2D eigenvalue weighted by Gasteiger charge is -2.42. The largest absolute Gasteiger partial charge is 0.310 e. The minimum absolute atomic E-state index is 0.00662. The zero-order valence-corrected chi connectivity index (χ0v) is 43.6. The first-order valence-electron chi connectivity index (χ1n) is 25.6. The number of anilines is 3. The molecule has 73 heavy (non-hydrogen) atoms. The Labute approximate surface area is 436 Å². The van der Waals surface area contributed by atoms with Gasteiger partial charge in [0.1, 0.15) is 0 Å². The summed E-state index contributed by atoms with van der Waals surface area (Å²) >= 11 is 3.88. The summed E-state index contributed by atoms with van der Waals surface area (Å²) in [4.78, 5) is 5.31. The first-order valence-corrected chi connectivity index (χ1v) is 27.2. The first kappa shape index (κ1) is 44.2. The molecular weight excluding hydrogens is 920 g/mol. The van der Waals surface area contributed by atoms with Crippen LogP contribution in [0.15, 0.2) is 222 Å². The first-order chi connectivity index (χ1) is 35.5. The summed E-state index contributed by atoms with van der Waals surface area (Å²) in [6.45, 7) is 13.9. The number of para-hydroxylation sites is 1. The van der Waals surface area contributed by atoms with Crippen molar-refractivity contribution in [3.8, 4) is 39.1 Å². The number of hydrogen-bond donors (Lipinski definition) is 0. The molecule has 0 saturated carbocycles. The minimum atomic E-state index is -0.0285. The average molecular weight is 973 g/mol. The highest BCUT2D eigenvalue weighted by molar-refractivity contribution is 8.00. The predicted octanol–water partition coefficient (Wildman–Crippen LogP) is 17.5. The second-order valence-electron chi connectivity index (χ2n) is 22.1. The van der Waals surface area contributed by atoms with Gasteiger partial charge in [-0.1, -0.05) is 216 Å². The molecule has 2 aliphatic heterocycles. The van der Waals surface area contributed by atoms with E-state index in [0.29, 0.717) is 0 Å². The molecule has 350 valence electrons. The highest BCUT2D eigenvalue weighted by atomic mass is 32.2. The molecule has 0 bridgehead atoms. The zero-order chi connectivity index (χ0) is 49.3. The molecule has 12 aromatic rings. The number of nitrogens with zero attached hydrogens (tertiary/aromatic N) is 2. The van der Waals surface area contributed by atoms with Crippen LogP contribution in [0.2, 0.25) is 0 Å². The maximum atomic E-state index is 2.65. The zero-order valence-electron chi connectivity index (χ0n) is 42.0. The number of fused-ring (bicyclic) bond motifs is 11. The van der Waals surface area contributed by atoms with Crippen molar-refractivity contribution in [2.75, 3.05) is 4.90 Å². The van der Waals surface area contributed by atoms with Crippen molar-refractivity contribution in [2.24, 2.45) is 0 Å². The fraction of sp³-hybridized carbons (Fsp3) is 0.118. The number of benzene rings is 10. The van der Waals surface area contributed by atoms with E-state index in [1.54, 1.807) is 0 Å². The highest BCUT2D eigenvalue weighted by Crippen LogP contribution is 2.52. The second kappa shape index (κ2) is 16.5. The SMILES string of the molecule is CC(C)(C)c1ccc2c(c1)c1cc(C(C)(C)C)ccc1n2-c1cc2c3c(c1)N(c1c(-c4ccccc4)cccc1-c1ccccc1)c1ccc(-c4ccccc4)cc1B3c1ccc3sc4ccccc4c3c1S2. The van der Waals surface area contributed by atoms with Gasteiger partial charge >= 0.3 is 0 Å². The summed E-state index contributed by atoms with van der Waals surface area (Å²) in [7, 11) is 0. The Bertz CT molecular complexity index is 4060. The Morgan fingerprint density at radius 3 is 1.63 bits per heavy atom. The van der Waals surface area contributed by atoms with Crippen LogP contribution in [0.3, 0.4) is 0 Å². The summed E-state index contributed by atoms with van der Waals surface area (Å²) < 4.78 is 5.23. The van der Waals surface area contributed by atoms with Gasteiger partial charge in [-0.2, -0.15) is 0 Å². The van der Waals surface area contributed by atoms with Crippen LogP contribution in [0, 0.1) is 0 Å². The van der Waals surface area contributed by atoms with E-state index in [1.165, 1.54) is 130 Å². The van der Waals surface area contributed by atoms with E-state index < -0.39 is 0 Å². The van der Waals surface area contributed by atoms with Crippen LogP contribution in [-0.2, 0) is 10.8 Å². The molecule has 2 nitrogen and oxygen atoms in total. The van der Waals surface area contributed by atoms with Crippen LogP contribution < -0.4 is 21.3 Å². The van der Waals surface area contributed by atoms with Crippen molar-refractivity contribution in [2.45, 2.75) is 62.2 Å². The van der Waals surface area contributed by atoms with E-state index in [0.717, 1.165) is 5.69 Å². The van der Waals surface area contributed by atoms with E-state index in [-0.39, 0.29) is 17.5 Å². The second-order valence-corrected chi connectivity index (χ2v) is 24.2. The topological polar surface area (TPSA) is 8.17 Å². The quantitative estimate of drug-likeness (QED) is 0.159. The summed E-state index contributed by atoms with van der Waals surface area (Å²) in [5.41, 5.74) is 21.0. The molecule has 0 N–H and O–H groups in total. The van der Waals surface area contributed by atoms with Gasteiger partial charge in [-0.05, 0) is 110 Å². The number of rotatable bonds is 5. The molecule has 0 saturated heterocycles. The van der Waals surface area contributed by atoms with Crippen molar-refractivity contribution in [3.63, 3.8) is 0 Å². The molecule has 0 unspecified atom stereocenters. The fourth-order valence-electron chi connectivity index (χ4n) is 11.9. The third kappa shape index (κ3) is 7.00. The van der Waals surface area contributed by atoms with Crippen molar-refractivity contribution in [1.82, 2.24) is 4.57 Å². The summed E-state index contributed by atoms with van der Waals surface area (Å²) in [5.74, 6) is 0. The molecular formula is C68H53BN2S2. The van der Waals surface area contributed by atoms with E-state index in [4.69, 9.17) is 0 Å². The fourth-order valence-corrected chi connectivity index (χ4v) is 14.4. The molecule has 0 aliphatic carbocycles. The molecule has 2 aliphatic rings. The van der Waals surface area contributed by atoms with Crippen molar-refractivity contribution in [3.05, 3.63) is 223 Å². The highest BCUT2D eigenvalue weighted by Gasteiger charge is 2.43. The predicted molar refractivity (Wildman–Crippen MR) is 317 cm³/mol. The molecule has 14 rings (SSSR count). The average Bonchev–Trinajstić information content (AvgIpc) is 3.97. The maximum absolute atomic E-state index is 2.65. The van der Waals surface area contributed by atoms with Crippen LogP contribution in [0.1, 0.15) is 52.7 Å². The third-order valence-electron chi connectivity index (χ3n) is 15.6. The summed E-state index contributed by atoms with van der Waals surface area (Å²) in [6, 6.07) is 80.5. The monoisotopic (exact) mass is 972 g/mol. The van der Waals surface area contributed by atoms with Crippen LogP contribution in [0.5, 0.6) is 0 Å². The lowest BCUT2D eigenvalue weighted by Crippen LogP contribution is -2.60. The van der Waals surface area contributed by atoms with Crippen molar-refractivity contribution in [1.29, 1.82) is 0 Å². The summed E-state index contributed by atoms with van der Waals surface area (Å²) in [6.07, 6.45) is 0. The van der Waals surface area contributed by atoms with Crippen LogP contribution in [0.4, 0.5) is 17.1 Å². The van der Waals surface area contributed by atoms with E-state index in [9.17, 15) is 0 Å². The van der Waals surface area contributed by atoms with Crippen LogP contribution in [-0.4, -0.2) is 11.3 Å². The number of aromatic nitrogens is 1.